The lowest BCUT2D eigenvalue weighted by atomic mass is 10.4. The molecule has 0 aromatic carbocycles. The highest BCUT2D eigenvalue weighted by molar-refractivity contribution is 7.50. The largest absolute Gasteiger partial charge is 0.779 e. The fraction of sp³-hybridized carbons (Fsp3) is 1.00. The van der Waals surface area contributed by atoms with E-state index in [1.165, 1.54) is 0 Å². The normalized spacial score (nSPS) is 21.3. The molecule has 2 atom stereocenters. The Balaban J connectivity index is 3.48. The predicted molar refractivity (Wildman–Crippen MR) is 38.6 cm³/mol. The molecule has 0 amide bonds. The summed E-state index contributed by atoms with van der Waals surface area (Å²) in [7, 11) is -8.54. The summed E-state index contributed by atoms with van der Waals surface area (Å²) in [6, 6.07) is 0. The monoisotopic (exact) mass is 216 g/mol. The lowest BCUT2D eigenvalue weighted by Gasteiger charge is -2.17. The van der Waals surface area contributed by atoms with Crippen LogP contribution in [-0.2, 0) is 9.13 Å². The van der Waals surface area contributed by atoms with Crippen molar-refractivity contribution in [1.29, 1.82) is 0 Å². The highest BCUT2D eigenvalue weighted by atomic mass is 31.2. The lowest BCUT2D eigenvalue weighted by Crippen LogP contribution is -2.06. The van der Waals surface area contributed by atoms with Crippen LogP contribution < -0.4 is 9.79 Å². The molecule has 8 heteroatoms. The summed E-state index contributed by atoms with van der Waals surface area (Å²) >= 11 is 0. The van der Waals surface area contributed by atoms with Crippen LogP contribution in [0.15, 0.2) is 0 Å². The van der Waals surface area contributed by atoms with Gasteiger partial charge >= 0.3 is 0 Å². The van der Waals surface area contributed by atoms with Gasteiger partial charge in [0, 0.05) is 12.3 Å². The third-order valence-corrected chi connectivity index (χ3v) is 2.89. The van der Waals surface area contributed by atoms with E-state index in [4.69, 9.17) is 9.79 Å². The van der Waals surface area contributed by atoms with Gasteiger partial charge in [-0.05, 0) is 12.8 Å². The molecule has 0 spiro atoms. The lowest BCUT2D eigenvalue weighted by molar-refractivity contribution is -0.195. The summed E-state index contributed by atoms with van der Waals surface area (Å²) in [5.41, 5.74) is 0. The molecule has 0 aromatic rings. The van der Waals surface area contributed by atoms with Gasteiger partial charge in [0.05, 0.1) is 0 Å². The Kier molecular flexibility index (Phi) is 4.62. The maximum Gasteiger partial charge on any atom is 0.132 e. The summed E-state index contributed by atoms with van der Waals surface area (Å²) in [4.78, 5) is 36.7. The maximum absolute atomic E-state index is 10.1. The number of rotatable bonds is 5. The molecule has 0 aliphatic rings. The smallest absolute Gasteiger partial charge is 0.132 e. The van der Waals surface area contributed by atoms with Crippen LogP contribution in [0.3, 0.4) is 0 Å². The fourth-order valence-corrected chi connectivity index (χ4v) is 1.87. The van der Waals surface area contributed by atoms with E-state index in [0.29, 0.717) is 0 Å². The van der Waals surface area contributed by atoms with Crippen molar-refractivity contribution in [1.82, 2.24) is 0 Å². The van der Waals surface area contributed by atoms with Gasteiger partial charge in [0.1, 0.15) is 15.2 Å². The molecular formula is C4H10O6P2-2. The minimum absolute atomic E-state index is 0.0318. The third-order valence-electron chi connectivity index (χ3n) is 1.13. The molecule has 0 heterocycles. The topological polar surface area (TPSA) is 121 Å². The third kappa shape index (κ3) is 10.3. The summed E-state index contributed by atoms with van der Waals surface area (Å²) in [6.07, 6.45) is -0.839. The quantitative estimate of drug-likeness (QED) is 0.442. The number of hydrogen-bond donors (Lipinski definition) is 2. The molecule has 0 saturated carbocycles. The second kappa shape index (κ2) is 4.51. The first-order valence-electron chi connectivity index (χ1n) is 3.26. The minimum atomic E-state index is -4.27. The highest BCUT2D eigenvalue weighted by Gasteiger charge is 2.04. The zero-order valence-electron chi connectivity index (χ0n) is 6.25. The molecule has 0 fully saturated rings. The van der Waals surface area contributed by atoms with Gasteiger partial charge in [-0.1, -0.05) is 0 Å². The van der Waals surface area contributed by atoms with Crippen molar-refractivity contribution in [3.63, 3.8) is 0 Å². The summed E-state index contributed by atoms with van der Waals surface area (Å²) in [5, 5.41) is 0. The van der Waals surface area contributed by atoms with Crippen molar-refractivity contribution in [3.05, 3.63) is 0 Å². The first kappa shape index (κ1) is 12.3. The molecule has 0 aromatic heterocycles. The van der Waals surface area contributed by atoms with E-state index in [2.05, 4.69) is 0 Å². The SMILES string of the molecule is O=P([O-])(O)CCCCP(=O)([O-])O. The Hall–Kier alpha value is 0.300. The summed E-state index contributed by atoms with van der Waals surface area (Å²) < 4.78 is 20.3. The van der Waals surface area contributed by atoms with Gasteiger partial charge in [-0.2, -0.15) is 0 Å². The second-order valence-electron chi connectivity index (χ2n) is 2.43. The van der Waals surface area contributed by atoms with Crippen LogP contribution >= 0.6 is 15.2 Å². The zero-order chi connectivity index (χ0) is 9.83. The van der Waals surface area contributed by atoms with E-state index < -0.39 is 27.5 Å². The van der Waals surface area contributed by atoms with E-state index in [9.17, 15) is 18.9 Å². The van der Waals surface area contributed by atoms with Gasteiger partial charge in [-0.15, -0.1) is 0 Å². The van der Waals surface area contributed by atoms with Gasteiger partial charge < -0.3 is 28.7 Å². The van der Waals surface area contributed by atoms with Crippen molar-refractivity contribution in [2.45, 2.75) is 12.8 Å². The molecule has 74 valence electrons. The second-order valence-corrected chi connectivity index (χ2v) is 5.87. The Labute approximate surface area is 69.9 Å². The standard InChI is InChI=1S/C4H12O6P2/c5-11(6,7)3-1-2-4-12(8,9)10/h1-4H2,(H2,5,6,7)(H2,8,9,10)/p-2. The van der Waals surface area contributed by atoms with Crippen molar-refractivity contribution < 1.29 is 28.7 Å². The van der Waals surface area contributed by atoms with E-state index in [1.54, 1.807) is 0 Å². The van der Waals surface area contributed by atoms with Crippen molar-refractivity contribution in [2.75, 3.05) is 12.3 Å². The van der Waals surface area contributed by atoms with Crippen LogP contribution in [0.2, 0.25) is 0 Å². The Morgan fingerprint density at radius 3 is 1.33 bits per heavy atom. The molecule has 2 unspecified atom stereocenters. The first-order chi connectivity index (χ1) is 5.21. The molecule has 2 N–H and O–H groups in total. The summed E-state index contributed by atoms with van der Waals surface area (Å²) in [6.45, 7) is 0. The molecule has 0 aliphatic heterocycles. The predicted octanol–water partition coefficient (Wildman–Crippen LogP) is -1.14. The van der Waals surface area contributed by atoms with Crippen molar-refractivity contribution >= 4 is 15.2 Å². The maximum atomic E-state index is 10.1. The molecule has 0 radical (unpaired) electrons. The van der Waals surface area contributed by atoms with Crippen LogP contribution in [0, 0.1) is 0 Å². The molecule has 12 heavy (non-hydrogen) atoms. The van der Waals surface area contributed by atoms with Crippen molar-refractivity contribution in [2.24, 2.45) is 0 Å². The molecular weight excluding hydrogens is 206 g/mol. The molecule has 0 rings (SSSR count). The van der Waals surface area contributed by atoms with Crippen LogP contribution in [-0.4, -0.2) is 22.1 Å². The van der Waals surface area contributed by atoms with E-state index in [-0.39, 0.29) is 12.8 Å². The molecule has 0 aliphatic carbocycles. The van der Waals surface area contributed by atoms with E-state index >= 15 is 0 Å². The zero-order valence-corrected chi connectivity index (χ0v) is 8.04. The molecule has 0 saturated heterocycles. The van der Waals surface area contributed by atoms with Gasteiger partial charge in [0.2, 0.25) is 0 Å². The number of hydrogen-bond acceptors (Lipinski definition) is 4. The molecule has 0 bridgehead atoms. The van der Waals surface area contributed by atoms with Crippen molar-refractivity contribution in [3.8, 4) is 0 Å². The van der Waals surface area contributed by atoms with Crippen LogP contribution in [0.5, 0.6) is 0 Å². The van der Waals surface area contributed by atoms with Gasteiger partial charge in [-0.25, -0.2) is 0 Å². The first-order valence-corrected chi connectivity index (χ1v) is 6.79. The highest BCUT2D eigenvalue weighted by Crippen LogP contribution is 2.33. The van der Waals surface area contributed by atoms with Crippen LogP contribution in [0.1, 0.15) is 12.8 Å². The minimum Gasteiger partial charge on any atom is -0.779 e. The summed E-state index contributed by atoms with van der Waals surface area (Å²) in [5.74, 6) is 0. The van der Waals surface area contributed by atoms with E-state index in [1.807, 2.05) is 0 Å². The van der Waals surface area contributed by atoms with Crippen LogP contribution in [0.4, 0.5) is 0 Å². The van der Waals surface area contributed by atoms with Gasteiger partial charge in [-0.3, -0.25) is 0 Å². The average molecular weight is 216 g/mol. The van der Waals surface area contributed by atoms with Crippen LogP contribution in [0.25, 0.3) is 0 Å². The Bertz CT molecular complexity index is 190. The van der Waals surface area contributed by atoms with E-state index in [0.717, 1.165) is 0 Å². The molecule has 6 nitrogen and oxygen atoms in total. The van der Waals surface area contributed by atoms with Gasteiger partial charge in [0.15, 0.2) is 0 Å². The van der Waals surface area contributed by atoms with Gasteiger partial charge in [0.25, 0.3) is 0 Å². The Morgan fingerprint density at radius 1 is 0.917 bits per heavy atom. The average Bonchev–Trinajstić information content (AvgIpc) is 1.76. The number of unbranched alkanes of at least 4 members (excludes halogenated alkanes) is 1. The fourth-order valence-electron chi connectivity index (χ4n) is 0.623. The Morgan fingerprint density at radius 2 is 1.17 bits per heavy atom.